The molecule has 5 heteroatoms. The quantitative estimate of drug-likeness (QED) is 0.529. The Morgan fingerprint density at radius 1 is 1.06 bits per heavy atom. The summed E-state index contributed by atoms with van der Waals surface area (Å²) in [6.07, 6.45) is -0.636. The van der Waals surface area contributed by atoms with Crippen LogP contribution in [0.1, 0.15) is 27.7 Å². The van der Waals surface area contributed by atoms with Gasteiger partial charge in [-0.05, 0) is 6.92 Å². The van der Waals surface area contributed by atoms with Gasteiger partial charge in [0.2, 0.25) is 0 Å². The van der Waals surface area contributed by atoms with E-state index in [0.29, 0.717) is 0 Å². The van der Waals surface area contributed by atoms with Crippen LogP contribution in [-0.2, 0) is 19.1 Å². The molecular formula is C11H20NaO4. The number of rotatable bonds is 5. The molecule has 4 nitrogen and oxygen atoms in total. The van der Waals surface area contributed by atoms with Crippen molar-refractivity contribution in [2.24, 2.45) is 11.8 Å². The van der Waals surface area contributed by atoms with E-state index < -0.39 is 6.10 Å². The monoisotopic (exact) mass is 239 g/mol. The van der Waals surface area contributed by atoms with Crippen LogP contribution in [0.15, 0.2) is 0 Å². The molecule has 0 saturated heterocycles. The average molecular weight is 239 g/mol. The van der Waals surface area contributed by atoms with Gasteiger partial charge in [0, 0.05) is 0 Å². The third-order valence-electron chi connectivity index (χ3n) is 1.64. The molecule has 1 atom stereocenters. The number of esters is 2. The number of ether oxygens (including phenoxy) is 2. The average Bonchev–Trinajstić information content (AvgIpc) is 2.13. The summed E-state index contributed by atoms with van der Waals surface area (Å²) in [5, 5.41) is 0. The summed E-state index contributed by atoms with van der Waals surface area (Å²) in [6.45, 7) is 10.5. The van der Waals surface area contributed by atoms with Gasteiger partial charge >= 0.3 is 41.5 Å². The van der Waals surface area contributed by atoms with Crippen LogP contribution >= 0.6 is 0 Å². The molecule has 0 rings (SSSR count). The first-order valence-corrected chi connectivity index (χ1v) is 5.04. The van der Waals surface area contributed by atoms with E-state index in [2.05, 4.69) is 6.92 Å². The van der Waals surface area contributed by atoms with Crippen LogP contribution in [0.3, 0.4) is 0 Å². The molecule has 0 amide bonds. The molecule has 0 fully saturated rings. The summed E-state index contributed by atoms with van der Waals surface area (Å²) in [5.74, 6) is -1.03. The summed E-state index contributed by atoms with van der Waals surface area (Å²) < 4.78 is 9.78. The SMILES string of the molecule is [CH2]C(COC(=O)C(C)C)OC(=O)C(C)C.[NaH]. The third-order valence-corrected chi connectivity index (χ3v) is 1.64. The van der Waals surface area contributed by atoms with Crippen LogP contribution in [0.2, 0.25) is 0 Å². The van der Waals surface area contributed by atoms with E-state index in [4.69, 9.17) is 9.47 Å². The van der Waals surface area contributed by atoms with Crippen LogP contribution in [0.5, 0.6) is 0 Å². The standard InChI is InChI=1S/C11H19O4.Na.H/c1-7(2)10(12)14-6-9(5)15-11(13)8(3)4;;/h7-9H,5-6H2,1-4H3;;. The zero-order valence-corrected chi connectivity index (χ0v) is 9.78. The Morgan fingerprint density at radius 2 is 1.50 bits per heavy atom. The maximum atomic E-state index is 11.1. The van der Waals surface area contributed by atoms with E-state index in [1.54, 1.807) is 27.7 Å². The molecule has 0 bridgehead atoms. The molecule has 1 radical (unpaired) electrons. The van der Waals surface area contributed by atoms with Gasteiger partial charge in [-0.1, -0.05) is 27.7 Å². The summed E-state index contributed by atoms with van der Waals surface area (Å²) in [4.78, 5) is 22.2. The van der Waals surface area contributed by atoms with E-state index in [0.717, 1.165) is 0 Å². The predicted molar refractivity (Wildman–Crippen MR) is 63.0 cm³/mol. The van der Waals surface area contributed by atoms with E-state index in [-0.39, 0.29) is 59.9 Å². The fourth-order valence-electron chi connectivity index (χ4n) is 0.676. The molecule has 89 valence electrons. The molecule has 0 aliphatic heterocycles. The van der Waals surface area contributed by atoms with E-state index in [1.807, 2.05) is 0 Å². The molecule has 0 heterocycles. The molecule has 16 heavy (non-hydrogen) atoms. The van der Waals surface area contributed by atoms with Crippen LogP contribution in [0.4, 0.5) is 0 Å². The minimum absolute atomic E-state index is 0. The first-order chi connectivity index (χ1) is 6.84. The fourth-order valence-corrected chi connectivity index (χ4v) is 0.676. The number of hydrogen-bond acceptors (Lipinski definition) is 4. The molecule has 0 aromatic rings. The van der Waals surface area contributed by atoms with E-state index in [1.165, 1.54) is 0 Å². The topological polar surface area (TPSA) is 52.6 Å². The van der Waals surface area contributed by atoms with Crippen LogP contribution in [-0.4, -0.2) is 54.2 Å². The van der Waals surface area contributed by atoms with E-state index in [9.17, 15) is 9.59 Å². The Kier molecular flexibility index (Phi) is 10.3. The Morgan fingerprint density at radius 3 is 1.88 bits per heavy atom. The summed E-state index contributed by atoms with van der Waals surface area (Å²) in [7, 11) is 0. The molecule has 0 saturated carbocycles. The molecule has 0 aromatic heterocycles. The van der Waals surface area contributed by atoms with Gasteiger partial charge in [-0.15, -0.1) is 0 Å². The van der Waals surface area contributed by atoms with Crippen molar-refractivity contribution in [1.82, 2.24) is 0 Å². The van der Waals surface area contributed by atoms with Gasteiger partial charge in [0.15, 0.2) is 0 Å². The fraction of sp³-hybridized carbons (Fsp3) is 0.727. The number of hydrogen-bond donors (Lipinski definition) is 0. The Labute approximate surface area is 119 Å². The first-order valence-electron chi connectivity index (χ1n) is 5.04. The predicted octanol–water partition coefficient (Wildman–Crippen LogP) is 0.939. The van der Waals surface area contributed by atoms with Crippen molar-refractivity contribution in [3.63, 3.8) is 0 Å². The van der Waals surface area contributed by atoms with Gasteiger partial charge in [-0.2, -0.15) is 0 Å². The zero-order valence-electron chi connectivity index (χ0n) is 9.78. The second-order valence-electron chi connectivity index (χ2n) is 4.00. The molecule has 0 spiro atoms. The van der Waals surface area contributed by atoms with Gasteiger partial charge in [0.1, 0.15) is 12.7 Å². The van der Waals surface area contributed by atoms with E-state index >= 15 is 0 Å². The van der Waals surface area contributed by atoms with Crippen molar-refractivity contribution in [2.45, 2.75) is 33.8 Å². The van der Waals surface area contributed by atoms with Crippen molar-refractivity contribution in [1.29, 1.82) is 0 Å². The van der Waals surface area contributed by atoms with Gasteiger partial charge < -0.3 is 9.47 Å². The minimum atomic E-state index is -0.636. The molecule has 0 aromatic carbocycles. The van der Waals surface area contributed by atoms with Crippen molar-refractivity contribution in [2.75, 3.05) is 6.61 Å². The van der Waals surface area contributed by atoms with Crippen molar-refractivity contribution in [3.8, 4) is 0 Å². The molecular weight excluding hydrogens is 219 g/mol. The maximum absolute atomic E-state index is 11.1. The Hall–Kier alpha value is -0.0600. The van der Waals surface area contributed by atoms with Crippen molar-refractivity contribution in [3.05, 3.63) is 6.92 Å². The van der Waals surface area contributed by atoms with Gasteiger partial charge in [-0.3, -0.25) is 9.59 Å². The van der Waals surface area contributed by atoms with Crippen molar-refractivity contribution < 1.29 is 19.1 Å². The Balaban J connectivity index is 0. The molecule has 0 aliphatic carbocycles. The molecule has 1 unspecified atom stereocenters. The summed E-state index contributed by atoms with van der Waals surface area (Å²) >= 11 is 0. The molecule has 0 N–H and O–H groups in total. The third kappa shape index (κ3) is 8.13. The van der Waals surface area contributed by atoms with Gasteiger partial charge in [-0.25, -0.2) is 0 Å². The second-order valence-corrected chi connectivity index (χ2v) is 4.00. The molecule has 0 aliphatic rings. The number of carbonyl (C=O) groups is 2. The zero-order chi connectivity index (χ0) is 12.0. The second kappa shape index (κ2) is 9.02. The van der Waals surface area contributed by atoms with Crippen molar-refractivity contribution >= 4 is 41.5 Å². The first kappa shape index (κ1) is 18.3. The van der Waals surface area contributed by atoms with Crippen LogP contribution in [0, 0.1) is 18.8 Å². The summed E-state index contributed by atoms with van der Waals surface area (Å²) in [6, 6.07) is 0. The van der Waals surface area contributed by atoms with Gasteiger partial charge in [0.05, 0.1) is 11.8 Å². The normalized spacial score (nSPS) is 11.9. The summed E-state index contributed by atoms with van der Waals surface area (Å²) in [5.41, 5.74) is 0. The Bertz CT molecular complexity index is 226. The van der Waals surface area contributed by atoms with Gasteiger partial charge in [0.25, 0.3) is 0 Å². The number of carbonyl (C=O) groups excluding carboxylic acids is 2. The van der Waals surface area contributed by atoms with Crippen LogP contribution < -0.4 is 0 Å². The van der Waals surface area contributed by atoms with Crippen LogP contribution in [0.25, 0.3) is 0 Å².